The Morgan fingerprint density at radius 3 is 2.87 bits per heavy atom. The predicted molar refractivity (Wildman–Crippen MR) is 80.8 cm³/mol. The molecular weight excluding hydrogens is 300 g/mol. The van der Waals surface area contributed by atoms with Crippen molar-refractivity contribution in [1.82, 2.24) is 4.98 Å². The van der Waals surface area contributed by atoms with Gasteiger partial charge in [0, 0.05) is 18.3 Å². The number of rotatable bonds is 2. The van der Waals surface area contributed by atoms with Gasteiger partial charge in [-0.2, -0.15) is 5.26 Å². The number of aliphatic hydroxyl groups excluding tert-OH is 1. The van der Waals surface area contributed by atoms with Crippen LogP contribution in [0, 0.1) is 29.9 Å². The van der Waals surface area contributed by atoms with E-state index in [1.807, 2.05) is 0 Å². The van der Waals surface area contributed by atoms with E-state index in [1.54, 1.807) is 24.1 Å². The van der Waals surface area contributed by atoms with Gasteiger partial charge in [-0.05, 0) is 43.2 Å². The average Bonchev–Trinajstić information content (AvgIpc) is 2.91. The van der Waals surface area contributed by atoms with E-state index >= 15 is 0 Å². The maximum Gasteiger partial charge on any atom is 0.147 e. The Kier molecular flexibility index (Phi) is 3.97. The van der Waals surface area contributed by atoms with Gasteiger partial charge in [0.2, 0.25) is 0 Å². The summed E-state index contributed by atoms with van der Waals surface area (Å²) >= 11 is 0. The minimum atomic E-state index is -0.698. The van der Waals surface area contributed by atoms with Crippen molar-refractivity contribution < 1.29 is 13.9 Å². The van der Waals surface area contributed by atoms with Crippen LogP contribution in [-0.2, 0) is 0 Å². The number of halogens is 2. The smallest absolute Gasteiger partial charge is 0.147 e. The monoisotopic (exact) mass is 315 g/mol. The Morgan fingerprint density at radius 2 is 2.13 bits per heavy atom. The van der Waals surface area contributed by atoms with Gasteiger partial charge in [-0.25, -0.2) is 13.8 Å². The molecule has 0 radical (unpaired) electrons. The highest BCUT2D eigenvalue weighted by atomic mass is 19.1. The van der Waals surface area contributed by atoms with E-state index in [4.69, 9.17) is 0 Å². The van der Waals surface area contributed by atoms with Crippen molar-refractivity contribution in [2.75, 3.05) is 11.4 Å². The predicted octanol–water partition coefficient (Wildman–Crippen LogP) is 2.85. The van der Waals surface area contributed by atoms with E-state index in [9.17, 15) is 19.1 Å². The Bertz CT molecular complexity index is 788. The van der Waals surface area contributed by atoms with Gasteiger partial charge >= 0.3 is 0 Å². The van der Waals surface area contributed by atoms with Crippen LogP contribution in [0.1, 0.15) is 29.2 Å². The van der Waals surface area contributed by atoms with Gasteiger partial charge < -0.3 is 10.0 Å². The van der Waals surface area contributed by atoms with Crippen molar-refractivity contribution in [3.8, 4) is 6.07 Å². The number of hydrogen-bond donors (Lipinski definition) is 1. The number of β-amino-alcohol motifs (C(OH)–C–C–N with tert-alkyl or cyclic N) is 1. The number of hydrogen-bond acceptors (Lipinski definition) is 4. The zero-order chi connectivity index (χ0) is 16.6. The van der Waals surface area contributed by atoms with Crippen LogP contribution in [0.15, 0.2) is 30.5 Å². The van der Waals surface area contributed by atoms with E-state index in [0.717, 1.165) is 23.8 Å². The topological polar surface area (TPSA) is 60.1 Å². The quantitative estimate of drug-likeness (QED) is 0.926. The van der Waals surface area contributed by atoms with Crippen LogP contribution in [0.25, 0.3) is 0 Å². The molecule has 1 fully saturated rings. The summed E-state index contributed by atoms with van der Waals surface area (Å²) in [5, 5.41) is 19.4. The van der Waals surface area contributed by atoms with Crippen molar-refractivity contribution in [2.24, 2.45) is 0 Å². The summed E-state index contributed by atoms with van der Waals surface area (Å²) < 4.78 is 27.7. The van der Waals surface area contributed by atoms with Gasteiger partial charge in [0.25, 0.3) is 0 Å². The first-order valence-corrected chi connectivity index (χ1v) is 7.26. The van der Waals surface area contributed by atoms with Gasteiger partial charge in [0.1, 0.15) is 23.5 Å². The van der Waals surface area contributed by atoms with E-state index in [2.05, 4.69) is 11.1 Å². The fourth-order valence-electron chi connectivity index (χ4n) is 3.01. The maximum absolute atomic E-state index is 14.1. The van der Waals surface area contributed by atoms with Crippen molar-refractivity contribution in [2.45, 2.75) is 25.5 Å². The highest BCUT2D eigenvalue weighted by Gasteiger charge is 2.36. The molecule has 1 aliphatic rings. The lowest BCUT2D eigenvalue weighted by Crippen LogP contribution is -2.27. The first-order chi connectivity index (χ1) is 11.0. The molecule has 118 valence electrons. The van der Waals surface area contributed by atoms with Crippen molar-refractivity contribution in [1.29, 1.82) is 5.26 Å². The highest BCUT2D eigenvalue weighted by Crippen LogP contribution is 2.38. The number of benzene rings is 1. The van der Waals surface area contributed by atoms with E-state index < -0.39 is 23.8 Å². The molecule has 2 heterocycles. The number of nitriles is 1. The van der Waals surface area contributed by atoms with Crippen LogP contribution < -0.4 is 4.90 Å². The number of aryl methyl sites for hydroxylation is 1. The van der Waals surface area contributed by atoms with Crippen molar-refractivity contribution >= 4 is 5.82 Å². The number of anilines is 1. The van der Waals surface area contributed by atoms with E-state index in [1.165, 1.54) is 0 Å². The first kappa shape index (κ1) is 15.4. The minimum Gasteiger partial charge on any atom is -0.391 e. The summed E-state index contributed by atoms with van der Waals surface area (Å²) in [6.45, 7) is 2.00. The lowest BCUT2D eigenvalue weighted by atomic mass is 10.0. The van der Waals surface area contributed by atoms with Crippen LogP contribution in [0.3, 0.4) is 0 Å². The largest absolute Gasteiger partial charge is 0.391 e. The second-order valence-electron chi connectivity index (χ2n) is 5.66. The van der Waals surface area contributed by atoms with Gasteiger partial charge in [0.05, 0.1) is 17.7 Å². The fourth-order valence-corrected chi connectivity index (χ4v) is 3.01. The van der Waals surface area contributed by atoms with E-state index in [-0.39, 0.29) is 18.5 Å². The molecule has 0 bridgehead atoms. The molecule has 1 aliphatic heterocycles. The molecule has 2 aromatic rings. The Morgan fingerprint density at radius 1 is 1.35 bits per heavy atom. The lowest BCUT2D eigenvalue weighted by Gasteiger charge is -2.27. The summed E-state index contributed by atoms with van der Waals surface area (Å²) in [6, 6.07) is 6.51. The third kappa shape index (κ3) is 2.76. The molecule has 0 spiro atoms. The van der Waals surface area contributed by atoms with Gasteiger partial charge in [-0.1, -0.05) is 0 Å². The molecule has 4 nitrogen and oxygen atoms in total. The molecule has 0 aliphatic carbocycles. The Hall–Kier alpha value is -2.52. The average molecular weight is 315 g/mol. The van der Waals surface area contributed by atoms with Crippen molar-refractivity contribution in [3.63, 3.8) is 0 Å². The van der Waals surface area contributed by atoms with Crippen LogP contribution in [0.5, 0.6) is 0 Å². The van der Waals surface area contributed by atoms with Gasteiger partial charge in [-0.3, -0.25) is 0 Å². The van der Waals surface area contributed by atoms with Gasteiger partial charge in [0.15, 0.2) is 0 Å². The van der Waals surface area contributed by atoms with Crippen LogP contribution >= 0.6 is 0 Å². The minimum absolute atomic E-state index is 0.161. The molecule has 1 aromatic heterocycles. The zero-order valence-corrected chi connectivity index (χ0v) is 12.5. The number of nitrogens with zero attached hydrogens (tertiary/aromatic N) is 3. The SMILES string of the molecule is Cc1ccnc(N2CC(O)CC2c2cc(F)ccc2F)c1C#N. The normalized spacial score (nSPS) is 20.6. The summed E-state index contributed by atoms with van der Waals surface area (Å²) in [5.74, 6) is -0.695. The third-order valence-electron chi connectivity index (χ3n) is 4.12. The Labute approximate surface area is 132 Å². The molecule has 0 amide bonds. The number of aromatic nitrogens is 1. The van der Waals surface area contributed by atoms with Crippen LogP contribution in [-0.4, -0.2) is 22.7 Å². The number of pyridine rings is 1. The fraction of sp³-hybridized carbons (Fsp3) is 0.294. The molecule has 23 heavy (non-hydrogen) atoms. The summed E-state index contributed by atoms with van der Waals surface area (Å²) in [4.78, 5) is 5.91. The van der Waals surface area contributed by atoms with Gasteiger partial charge in [-0.15, -0.1) is 0 Å². The molecule has 0 saturated carbocycles. The standard InChI is InChI=1S/C17H15F2N3O/c1-10-4-5-21-17(14(10)8-20)22-9-12(23)7-16(22)13-6-11(18)2-3-15(13)19/h2-6,12,16,23H,7,9H2,1H3. The van der Waals surface area contributed by atoms with E-state index in [0.29, 0.717) is 11.4 Å². The zero-order valence-electron chi connectivity index (χ0n) is 12.5. The molecular formula is C17H15F2N3O. The molecule has 2 unspecified atom stereocenters. The molecule has 6 heteroatoms. The summed E-state index contributed by atoms with van der Waals surface area (Å²) in [5.41, 5.74) is 1.29. The van der Waals surface area contributed by atoms with Crippen LogP contribution in [0.4, 0.5) is 14.6 Å². The summed E-state index contributed by atoms with van der Waals surface area (Å²) in [6.07, 6.45) is 1.12. The first-order valence-electron chi connectivity index (χ1n) is 7.26. The molecule has 3 rings (SSSR count). The molecule has 1 aromatic carbocycles. The second-order valence-corrected chi connectivity index (χ2v) is 5.66. The molecule has 2 atom stereocenters. The Balaban J connectivity index is 2.10. The maximum atomic E-state index is 14.1. The number of aliphatic hydroxyl groups is 1. The summed E-state index contributed by atoms with van der Waals surface area (Å²) in [7, 11) is 0. The second kappa shape index (κ2) is 5.94. The third-order valence-corrected chi connectivity index (χ3v) is 4.12. The van der Waals surface area contributed by atoms with Crippen molar-refractivity contribution in [3.05, 3.63) is 58.8 Å². The lowest BCUT2D eigenvalue weighted by molar-refractivity contribution is 0.194. The molecule has 1 N–H and O–H groups in total. The molecule has 1 saturated heterocycles. The van der Waals surface area contributed by atoms with Crippen LogP contribution in [0.2, 0.25) is 0 Å². The highest BCUT2D eigenvalue weighted by molar-refractivity contribution is 5.59.